The highest BCUT2D eigenvalue weighted by Gasteiger charge is 2.18. The van der Waals surface area contributed by atoms with Gasteiger partial charge in [-0.25, -0.2) is 9.48 Å². The van der Waals surface area contributed by atoms with Gasteiger partial charge in [-0.3, -0.25) is 4.79 Å². The zero-order chi connectivity index (χ0) is 21.8. The van der Waals surface area contributed by atoms with E-state index in [9.17, 15) is 9.59 Å². The molecule has 0 atom stereocenters. The number of amides is 3. The molecule has 3 amide bonds. The highest BCUT2D eigenvalue weighted by Crippen LogP contribution is 2.20. The molecule has 9 heteroatoms. The van der Waals surface area contributed by atoms with E-state index in [4.69, 9.17) is 11.6 Å². The Balaban J connectivity index is 1.31. The van der Waals surface area contributed by atoms with Crippen LogP contribution in [-0.2, 0) is 6.54 Å². The van der Waals surface area contributed by atoms with Crippen molar-refractivity contribution >= 4 is 40.3 Å². The smallest absolute Gasteiger partial charge is 0.319 e. The second-order valence-corrected chi connectivity index (χ2v) is 8.22. The fourth-order valence-corrected chi connectivity index (χ4v) is 3.92. The summed E-state index contributed by atoms with van der Waals surface area (Å²) in [7, 11) is 0. The Morgan fingerprint density at radius 3 is 2.74 bits per heavy atom. The highest BCUT2D eigenvalue weighted by molar-refractivity contribution is 6.31. The van der Waals surface area contributed by atoms with Gasteiger partial charge in [0, 0.05) is 28.9 Å². The maximum atomic E-state index is 12.5. The van der Waals surface area contributed by atoms with E-state index in [1.165, 1.54) is 12.8 Å². The van der Waals surface area contributed by atoms with Gasteiger partial charge < -0.3 is 16.0 Å². The minimum Gasteiger partial charge on any atom is -0.349 e. The van der Waals surface area contributed by atoms with Crippen LogP contribution in [0, 0.1) is 6.92 Å². The SMILES string of the molecule is Cc1ccc(NC(=O)NCCn2nnc3cc(C(=O)NC4CCCC4)ccc32)cc1Cl. The zero-order valence-corrected chi connectivity index (χ0v) is 18.1. The standard InChI is InChI=1S/C22H25ClN6O2/c1-14-6-8-17(13-18(14)23)26-22(31)24-10-11-29-20-9-7-15(12-19(20)27-28-29)21(30)25-16-4-2-3-5-16/h6-9,12-13,16H,2-5,10-11H2,1H3,(H,25,30)(H2,24,26,31). The first-order chi connectivity index (χ1) is 15.0. The Labute approximate surface area is 185 Å². The lowest BCUT2D eigenvalue weighted by molar-refractivity contribution is 0.0938. The van der Waals surface area contributed by atoms with Crippen molar-refractivity contribution in [1.29, 1.82) is 0 Å². The summed E-state index contributed by atoms with van der Waals surface area (Å²) in [5.74, 6) is -0.0714. The zero-order valence-electron chi connectivity index (χ0n) is 17.3. The lowest BCUT2D eigenvalue weighted by Crippen LogP contribution is -2.32. The Morgan fingerprint density at radius 2 is 1.97 bits per heavy atom. The average molecular weight is 441 g/mol. The number of hydrogen-bond acceptors (Lipinski definition) is 4. The molecule has 8 nitrogen and oxygen atoms in total. The van der Waals surface area contributed by atoms with E-state index in [1.807, 2.05) is 19.1 Å². The van der Waals surface area contributed by atoms with Crippen molar-refractivity contribution in [2.24, 2.45) is 0 Å². The van der Waals surface area contributed by atoms with E-state index in [1.54, 1.807) is 28.9 Å². The molecule has 31 heavy (non-hydrogen) atoms. The van der Waals surface area contributed by atoms with Crippen LogP contribution in [0.4, 0.5) is 10.5 Å². The first-order valence-electron chi connectivity index (χ1n) is 10.4. The van der Waals surface area contributed by atoms with Gasteiger partial charge in [-0.2, -0.15) is 0 Å². The van der Waals surface area contributed by atoms with Gasteiger partial charge in [0.1, 0.15) is 5.52 Å². The molecule has 3 N–H and O–H groups in total. The number of carbonyl (C=O) groups excluding carboxylic acids is 2. The van der Waals surface area contributed by atoms with E-state index < -0.39 is 0 Å². The van der Waals surface area contributed by atoms with Gasteiger partial charge in [0.2, 0.25) is 0 Å². The van der Waals surface area contributed by atoms with Crippen molar-refractivity contribution in [2.75, 3.05) is 11.9 Å². The molecule has 0 unspecified atom stereocenters. The quantitative estimate of drug-likeness (QED) is 0.541. The topological polar surface area (TPSA) is 101 Å². The van der Waals surface area contributed by atoms with Crippen LogP contribution in [-0.4, -0.2) is 39.5 Å². The third kappa shape index (κ3) is 5.14. The van der Waals surface area contributed by atoms with E-state index in [0.29, 0.717) is 34.9 Å². The Bertz CT molecular complexity index is 1110. The normalized spacial score (nSPS) is 14.0. The molecule has 1 aliphatic carbocycles. The van der Waals surface area contributed by atoms with Crippen molar-refractivity contribution in [3.8, 4) is 0 Å². The second-order valence-electron chi connectivity index (χ2n) is 7.82. The molecule has 1 aromatic heterocycles. The van der Waals surface area contributed by atoms with Crippen molar-refractivity contribution in [1.82, 2.24) is 25.6 Å². The molecule has 1 fully saturated rings. The van der Waals surface area contributed by atoms with Crippen molar-refractivity contribution in [3.63, 3.8) is 0 Å². The fourth-order valence-electron chi connectivity index (χ4n) is 3.74. The Hall–Kier alpha value is -3.13. The van der Waals surface area contributed by atoms with Crippen LogP contribution in [0.5, 0.6) is 0 Å². The average Bonchev–Trinajstić information content (AvgIpc) is 3.40. The molecule has 1 saturated carbocycles. The van der Waals surface area contributed by atoms with Crippen molar-refractivity contribution in [2.45, 2.75) is 45.2 Å². The lowest BCUT2D eigenvalue weighted by atomic mass is 10.1. The van der Waals surface area contributed by atoms with E-state index >= 15 is 0 Å². The first-order valence-corrected chi connectivity index (χ1v) is 10.8. The molecule has 0 aliphatic heterocycles. The molecule has 3 aromatic rings. The van der Waals surface area contributed by atoms with Gasteiger partial charge in [0.05, 0.1) is 12.1 Å². The van der Waals surface area contributed by atoms with Crippen LogP contribution in [0.25, 0.3) is 11.0 Å². The monoisotopic (exact) mass is 440 g/mol. The lowest BCUT2D eigenvalue weighted by Gasteiger charge is -2.11. The molecular formula is C22H25ClN6O2. The molecule has 2 aromatic carbocycles. The molecule has 0 bridgehead atoms. The first kappa shape index (κ1) is 21.1. The summed E-state index contributed by atoms with van der Waals surface area (Å²) in [5, 5.41) is 17.5. The Kier molecular flexibility index (Phi) is 6.36. The fraction of sp³-hybridized carbons (Fsp3) is 0.364. The molecular weight excluding hydrogens is 416 g/mol. The Morgan fingerprint density at radius 1 is 1.16 bits per heavy atom. The number of urea groups is 1. The van der Waals surface area contributed by atoms with Gasteiger partial charge in [0.15, 0.2) is 0 Å². The van der Waals surface area contributed by atoms with Crippen LogP contribution in [0.2, 0.25) is 5.02 Å². The number of hydrogen-bond donors (Lipinski definition) is 3. The number of rotatable bonds is 6. The molecule has 162 valence electrons. The maximum absolute atomic E-state index is 12.5. The second kappa shape index (κ2) is 9.34. The van der Waals surface area contributed by atoms with Crippen LogP contribution in [0.15, 0.2) is 36.4 Å². The number of aryl methyl sites for hydroxylation is 1. The van der Waals surface area contributed by atoms with Gasteiger partial charge in [-0.15, -0.1) is 5.10 Å². The summed E-state index contributed by atoms with van der Waals surface area (Å²) in [5.41, 5.74) is 3.62. The van der Waals surface area contributed by atoms with Crippen LogP contribution in [0.3, 0.4) is 0 Å². The summed E-state index contributed by atoms with van der Waals surface area (Å²) < 4.78 is 1.71. The number of anilines is 1. The summed E-state index contributed by atoms with van der Waals surface area (Å²) in [6.07, 6.45) is 4.43. The minimum absolute atomic E-state index is 0.0714. The van der Waals surface area contributed by atoms with Crippen molar-refractivity contribution < 1.29 is 9.59 Å². The molecule has 0 spiro atoms. The number of benzene rings is 2. The maximum Gasteiger partial charge on any atom is 0.319 e. The number of carbonyl (C=O) groups is 2. The molecule has 0 saturated heterocycles. The van der Waals surface area contributed by atoms with Gasteiger partial charge >= 0.3 is 6.03 Å². The minimum atomic E-state index is -0.324. The van der Waals surface area contributed by atoms with Gasteiger partial charge in [-0.05, 0) is 55.7 Å². The molecule has 4 rings (SSSR count). The van der Waals surface area contributed by atoms with E-state index in [-0.39, 0.29) is 18.0 Å². The number of nitrogens with zero attached hydrogens (tertiary/aromatic N) is 3. The van der Waals surface area contributed by atoms with E-state index in [0.717, 1.165) is 23.9 Å². The third-order valence-electron chi connectivity index (χ3n) is 5.51. The summed E-state index contributed by atoms with van der Waals surface area (Å²) in [6.45, 7) is 2.72. The predicted molar refractivity (Wildman–Crippen MR) is 120 cm³/mol. The van der Waals surface area contributed by atoms with Gasteiger partial charge in [-0.1, -0.05) is 35.7 Å². The summed E-state index contributed by atoms with van der Waals surface area (Å²) in [6, 6.07) is 10.7. The van der Waals surface area contributed by atoms with Gasteiger partial charge in [0.25, 0.3) is 5.91 Å². The number of aromatic nitrogens is 3. The molecule has 1 aliphatic rings. The highest BCUT2D eigenvalue weighted by atomic mass is 35.5. The molecule has 1 heterocycles. The molecule has 0 radical (unpaired) electrons. The van der Waals surface area contributed by atoms with Crippen LogP contribution in [0.1, 0.15) is 41.6 Å². The number of halogens is 1. The van der Waals surface area contributed by atoms with Crippen LogP contribution >= 0.6 is 11.6 Å². The summed E-state index contributed by atoms with van der Waals surface area (Å²) in [4.78, 5) is 24.6. The summed E-state index contributed by atoms with van der Waals surface area (Å²) >= 11 is 6.08. The number of fused-ring (bicyclic) bond motifs is 1. The van der Waals surface area contributed by atoms with E-state index in [2.05, 4.69) is 26.3 Å². The van der Waals surface area contributed by atoms with Crippen molar-refractivity contribution in [3.05, 3.63) is 52.5 Å². The third-order valence-corrected chi connectivity index (χ3v) is 5.91. The predicted octanol–water partition coefficient (Wildman–Crippen LogP) is 3.89. The van der Waals surface area contributed by atoms with Crippen LogP contribution < -0.4 is 16.0 Å². The largest absolute Gasteiger partial charge is 0.349 e. The number of nitrogens with one attached hydrogen (secondary N) is 3.